The van der Waals surface area contributed by atoms with Gasteiger partial charge < -0.3 is 9.30 Å². The molecule has 3 aromatic rings. The first-order valence-electron chi connectivity index (χ1n) is 10.7. The molecule has 3 heterocycles. The lowest BCUT2D eigenvalue weighted by atomic mass is 9.55. The summed E-state index contributed by atoms with van der Waals surface area (Å²) in [4.78, 5) is 0. The fraction of sp³-hybridized carbons (Fsp3) is 0.462. The van der Waals surface area contributed by atoms with Gasteiger partial charge in [0.05, 0.1) is 5.52 Å². The van der Waals surface area contributed by atoms with Crippen molar-refractivity contribution in [2.45, 2.75) is 64.5 Å². The maximum atomic E-state index is 6.76. The maximum Gasteiger partial charge on any atom is 0.128 e. The van der Waals surface area contributed by atoms with E-state index in [0.717, 1.165) is 12.2 Å². The van der Waals surface area contributed by atoms with Gasteiger partial charge in [0.1, 0.15) is 11.4 Å². The molecule has 0 bridgehead atoms. The van der Waals surface area contributed by atoms with E-state index in [1.807, 2.05) is 0 Å². The summed E-state index contributed by atoms with van der Waals surface area (Å²) in [6.07, 6.45) is 2.32. The van der Waals surface area contributed by atoms with Crippen molar-refractivity contribution in [3.8, 4) is 5.75 Å². The number of aromatic nitrogens is 1. The molecule has 0 radical (unpaired) electrons. The van der Waals surface area contributed by atoms with Crippen LogP contribution in [0.2, 0.25) is 0 Å². The highest BCUT2D eigenvalue weighted by Gasteiger charge is 2.57. The first-order chi connectivity index (χ1) is 13.2. The van der Waals surface area contributed by atoms with Gasteiger partial charge in [0.2, 0.25) is 0 Å². The monoisotopic (exact) mass is 371 g/mol. The molecule has 1 aromatic heterocycles. The Morgan fingerprint density at radius 3 is 2.64 bits per heavy atom. The number of hydrogen-bond donors (Lipinski definition) is 0. The minimum absolute atomic E-state index is 0.0674. The summed E-state index contributed by atoms with van der Waals surface area (Å²) in [6.45, 7) is 16.2. The van der Waals surface area contributed by atoms with Crippen LogP contribution in [0.3, 0.4) is 0 Å². The predicted octanol–water partition coefficient (Wildman–Crippen LogP) is 6.69. The summed E-state index contributed by atoms with van der Waals surface area (Å²) >= 11 is 0. The van der Waals surface area contributed by atoms with Crippen LogP contribution in [0, 0.1) is 18.8 Å². The molecule has 2 aliphatic heterocycles. The van der Waals surface area contributed by atoms with E-state index in [1.165, 1.54) is 44.9 Å². The molecule has 1 aliphatic carbocycles. The Hall–Kier alpha value is -2.22. The van der Waals surface area contributed by atoms with E-state index in [9.17, 15) is 0 Å². The van der Waals surface area contributed by atoms with Gasteiger partial charge in [0.25, 0.3) is 0 Å². The summed E-state index contributed by atoms with van der Waals surface area (Å²) in [5, 5.41) is 2.76. The minimum atomic E-state index is -0.212. The highest BCUT2D eigenvalue weighted by Crippen LogP contribution is 2.64. The van der Waals surface area contributed by atoms with E-state index in [1.54, 1.807) is 0 Å². The standard InChI is InChI=1S/C26H29NO/c1-14-11-12-18-20-21-23-17(13-15(2)24(21)28-26(5,6)22(14)20)16-9-7-8-10-19(16)27(23)25(18,3)4/h7-10,13,18,20,22H,1,11-12H2,2-6H3/t18-,20+,22+/m1/s1. The molecule has 2 nitrogen and oxygen atoms in total. The fourth-order valence-corrected chi connectivity index (χ4v) is 7.06. The van der Waals surface area contributed by atoms with Crippen molar-refractivity contribution >= 4 is 21.8 Å². The predicted molar refractivity (Wildman–Crippen MR) is 116 cm³/mol. The van der Waals surface area contributed by atoms with Crippen LogP contribution in [0.4, 0.5) is 0 Å². The van der Waals surface area contributed by atoms with Crippen LogP contribution in [0.1, 0.15) is 57.6 Å². The zero-order chi connectivity index (χ0) is 19.6. The highest BCUT2D eigenvalue weighted by molar-refractivity contribution is 6.11. The number of hydrogen-bond acceptors (Lipinski definition) is 1. The zero-order valence-corrected chi connectivity index (χ0v) is 17.6. The second-order valence-corrected chi connectivity index (χ2v) is 10.4. The van der Waals surface area contributed by atoms with E-state index >= 15 is 0 Å². The molecule has 0 N–H and O–H groups in total. The molecular formula is C26H29NO. The molecule has 3 atom stereocenters. The van der Waals surface area contributed by atoms with Crippen molar-refractivity contribution in [2.24, 2.45) is 11.8 Å². The Kier molecular flexibility index (Phi) is 2.89. The lowest BCUT2D eigenvalue weighted by molar-refractivity contribution is -0.0188. The van der Waals surface area contributed by atoms with Crippen LogP contribution in [-0.2, 0) is 5.54 Å². The quantitative estimate of drug-likeness (QED) is 0.402. The lowest BCUT2D eigenvalue weighted by Gasteiger charge is -2.57. The smallest absolute Gasteiger partial charge is 0.128 e. The second kappa shape index (κ2) is 4.84. The molecule has 2 heteroatoms. The molecule has 1 fully saturated rings. The topological polar surface area (TPSA) is 14.2 Å². The van der Waals surface area contributed by atoms with Crippen molar-refractivity contribution in [1.29, 1.82) is 0 Å². The van der Waals surface area contributed by atoms with Crippen LogP contribution in [-0.4, -0.2) is 10.2 Å². The third-order valence-corrected chi connectivity index (χ3v) is 8.07. The number of benzene rings is 2. The van der Waals surface area contributed by atoms with Crippen molar-refractivity contribution in [1.82, 2.24) is 4.57 Å². The van der Waals surface area contributed by atoms with Gasteiger partial charge in [-0.2, -0.15) is 0 Å². The molecule has 6 rings (SSSR count). The molecule has 144 valence electrons. The van der Waals surface area contributed by atoms with E-state index < -0.39 is 0 Å². The fourth-order valence-electron chi connectivity index (χ4n) is 7.06. The van der Waals surface area contributed by atoms with Crippen molar-refractivity contribution in [2.75, 3.05) is 0 Å². The summed E-state index contributed by atoms with van der Waals surface area (Å²) in [5.74, 6) is 2.61. The average Bonchev–Trinajstić information content (AvgIpc) is 2.96. The number of ether oxygens (including phenoxy) is 1. The third kappa shape index (κ3) is 1.72. The first-order valence-corrected chi connectivity index (χ1v) is 10.7. The van der Waals surface area contributed by atoms with Gasteiger partial charge in [-0.1, -0.05) is 30.4 Å². The summed E-state index contributed by atoms with van der Waals surface area (Å²) in [5.41, 5.74) is 6.73. The van der Waals surface area contributed by atoms with Gasteiger partial charge in [-0.25, -0.2) is 0 Å². The number of rotatable bonds is 0. The number of nitrogens with zero attached hydrogens (tertiary/aromatic N) is 1. The molecular weight excluding hydrogens is 342 g/mol. The van der Waals surface area contributed by atoms with Crippen LogP contribution in [0.5, 0.6) is 5.75 Å². The highest BCUT2D eigenvalue weighted by atomic mass is 16.5. The van der Waals surface area contributed by atoms with Gasteiger partial charge in [-0.15, -0.1) is 0 Å². The number of para-hydroxylation sites is 1. The van der Waals surface area contributed by atoms with E-state index in [4.69, 9.17) is 4.74 Å². The lowest BCUT2D eigenvalue weighted by Crippen LogP contribution is -2.55. The van der Waals surface area contributed by atoms with Gasteiger partial charge in [-0.3, -0.25) is 0 Å². The number of fused-ring (bicyclic) bond motifs is 3. The SMILES string of the molecule is C=C1CC[C@@H]2[C@H]3c4c(c(C)cc5c6ccccc6n(c45)C2(C)C)OC(C)(C)[C@@H]13. The maximum absolute atomic E-state index is 6.76. The third-order valence-electron chi connectivity index (χ3n) is 8.07. The molecule has 0 spiro atoms. The van der Waals surface area contributed by atoms with Gasteiger partial charge in [-0.05, 0) is 71.1 Å². The Morgan fingerprint density at radius 1 is 1.11 bits per heavy atom. The molecule has 28 heavy (non-hydrogen) atoms. The Labute approximate surface area is 167 Å². The Balaban J connectivity index is 1.87. The minimum Gasteiger partial charge on any atom is -0.487 e. The van der Waals surface area contributed by atoms with Crippen LogP contribution >= 0.6 is 0 Å². The molecule has 1 saturated carbocycles. The Bertz CT molecular complexity index is 1190. The normalized spacial score (nSPS) is 29.2. The van der Waals surface area contributed by atoms with Crippen LogP contribution in [0.25, 0.3) is 21.8 Å². The van der Waals surface area contributed by atoms with E-state index in [-0.39, 0.29) is 11.1 Å². The van der Waals surface area contributed by atoms with Crippen molar-refractivity contribution < 1.29 is 4.74 Å². The van der Waals surface area contributed by atoms with Crippen LogP contribution in [0.15, 0.2) is 42.5 Å². The summed E-state index contributed by atoms with van der Waals surface area (Å²) in [6, 6.07) is 11.3. The van der Waals surface area contributed by atoms with E-state index in [2.05, 4.69) is 76.1 Å². The zero-order valence-electron chi connectivity index (χ0n) is 17.6. The van der Waals surface area contributed by atoms with Crippen molar-refractivity contribution in [3.05, 3.63) is 53.6 Å². The van der Waals surface area contributed by atoms with E-state index in [0.29, 0.717) is 17.8 Å². The summed E-state index contributed by atoms with van der Waals surface area (Å²) in [7, 11) is 0. The molecule has 0 unspecified atom stereocenters. The average molecular weight is 372 g/mol. The van der Waals surface area contributed by atoms with Gasteiger partial charge >= 0.3 is 0 Å². The first kappa shape index (κ1) is 16.7. The number of aryl methyl sites for hydroxylation is 1. The molecule has 3 aliphatic rings. The summed E-state index contributed by atoms with van der Waals surface area (Å²) < 4.78 is 9.41. The van der Waals surface area contributed by atoms with Gasteiger partial charge in [0.15, 0.2) is 0 Å². The molecule has 0 saturated heterocycles. The molecule has 0 amide bonds. The molecule has 2 aromatic carbocycles. The van der Waals surface area contributed by atoms with Gasteiger partial charge in [0, 0.05) is 39.2 Å². The largest absolute Gasteiger partial charge is 0.487 e. The second-order valence-electron chi connectivity index (χ2n) is 10.4. The Morgan fingerprint density at radius 2 is 1.86 bits per heavy atom. The van der Waals surface area contributed by atoms with Crippen molar-refractivity contribution in [3.63, 3.8) is 0 Å². The van der Waals surface area contributed by atoms with Crippen LogP contribution < -0.4 is 4.74 Å².